The van der Waals surface area contributed by atoms with E-state index in [1.807, 2.05) is 0 Å². The van der Waals surface area contributed by atoms with Crippen LogP contribution in [0.4, 0.5) is 0 Å². The number of hydrogen-bond acceptors (Lipinski definition) is 4. The summed E-state index contributed by atoms with van der Waals surface area (Å²) >= 11 is 0. The molecule has 7 nitrogen and oxygen atoms in total. The van der Waals surface area contributed by atoms with Crippen LogP contribution in [-0.4, -0.2) is 35.8 Å². The molecule has 19 heavy (non-hydrogen) atoms. The second kappa shape index (κ2) is 5.86. The van der Waals surface area contributed by atoms with Gasteiger partial charge in [0.05, 0.1) is 17.9 Å². The molecular formula is C11H15N3O4S. The van der Waals surface area contributed by atoms with Gasteiger partial charge in [-0.2, -0.15) is 9.82 Å². The van der Waals surface area contributed by atoms with Crippen LogP contribution < -0.4 is 4.72 Å². The van der Waals surface area contributed by atoms with Crippen molar-refractivity contribution in [3.8, 4) is 11.8 Å². The van der Waals surface area contributed by atoms with Gasteiger partial charge < -0.3 is 5.11 Å². The predicted octanol–water partition coefficient (Wildman–Crippen LogP) is -0.114. The van der Waals surface area contributed by atoms with E-state index in [-0.39, 0.29) is 29.4 Å². The second-order valence-corrected chi connectivity index (χ2v) is 5.51. The Balaban J connectivity index is 3.15. The van der Waals surface area contributed by atoms with Gasteiger partial charge in [-0.15, -0.1) is 5.92 Å². The van der Waals surface area contributed by atoms with Crippen molar-refractivity contribution in [2.24, 2.45) is 0 Å². The lowest BCUT2D eigenvalue weighted by molar-refractivity contribution is -0.137. The topological polar surface area (TPSA) is 101 Å². The summed E-state index contributed by atoms with van der Waals surface area (Å²) in [6.07, 6.45) is 0. The van der Waals surface area contributed by atoms with Crippen molar-refractivity contribution in [1.82, 2.24) is 14.5 Å². The van der Waals surface area contributed by atoms with Gasteiger partial charge in [0.2, 0.25) is 10.0 Å². The normalized spacial score (nSPS) is 10.9. The zero-order chi connectivity index (χ0) is 14.6. The molecular weight excluding hydrogens is 270 g/mol. The molecule has 0 aliphatic carbocycles. The van der Waals surface area contributed by atoms with Crippen LogP contribution in [0, 0.1) is 25.7 Å². The fourth-order valence-electron chi connectivity index (χ4n) is 1.64. The summed E-state index contributed by atoms with van der Waals surface area (Å²) in [4.78, 5) is 10.7. The van der Waals surface area contributed by atoms with Gasteiger partial charge in [-0.1, -0.05) is 5.92 Å². The van der Waals surface area contributed by atoms with Crippen molar-refractivity contribution in [1.29, 1.82) is 0 Å². The van der Waals surface area contributed by atoms with Crippen LogP contribution >= 0.6 is 0 Å². The lowest BCUT2D eigenvalue weighted by Crippen LogP contribution is -2.25. The summed E-state index contributed by atoms with van der Waals surface area (Å²) in [6, 6.07) is 0. The first kappa shape index (κ1) is 15.2. The van der Waals surface area contributed by atoms with Crippen LogP contribution in [-0.2, 0) is 21.4 Å². The number of hydrogen-bond donors (Lipinski definition) is 2. The molecule has 0 saturated carbocycles. The van der Waals surface area contributed by atoms with Gasteiger partial charge >= 0.3 is 5.97 Å². The molecule has 0 aromatic carbocycles. The van der Waals surface area contributed by atoms with Crippen molar-refractivity contribution in [2.45, 2.75) is 32.2 Å². The van der Waals surface area contributed by atoms with Crippen molar-refractivity contribution in [2.75, 3.05) is 6.54 Å². The highest BCUT2D eigenvalue weighted by atomic mass is 32.2. The Hall–Kier alpha value is -1.85. The van der Waals surface area contributed by atoms with Crippen LogP contribution in [0.25, 0.3) is 0 Å². The second-order valence-electron chi connectivity index (χ2n) is 3.80. The van der Waals surface area contributed by atoms with Crippen LogP contribution in [0.1, 0.15) is 18.3 Å². The summed E-state index contributed by atoms with van der Waals surface area (Å²) in [7, 11) is -3.74. The molecule has 0 saturated heterocycles. The molecule has 1 heterocycles. The number of carbonyl (C=O) groups is 1. The molecule has 104 valence electrons. The highest BCUT2D eigenvalue weighted by molar-refractivity contribution is 7.89. The maximum atomic E-state index is 12.1. The lowest BCUT2D eigenvalue weighted by atomic mass is 10.4. The summed E-state index contributed by atoms with van der Waals surface area (Å²) in [5.74, 6) is 4.08. The third-order valence-electron chi connectivity index (χ3n) is 2.40. The molecule has 1 rings (SSSR count). The van der Waals surface area contributed by atoms with Gasteiger partial charge in [0, 0.05) is 0 Å². The Bertz CT molecular complexity index is 649. The van der Waals surface area contributed by atoms with Gasteiger partial charge in [-0.25, -0.2) is 8.42 Å². The molecule has 0 unspecified atom stereocenters. The molecule has 0 amide bonds. The zero-order valence-corrected chi connectivity index (χ0v) is 11.7. The molecule has 0 atom stereocenters. The highest BCUT2D eigenvalue weighted by Gasteiger charge is 2.24. The van der Waals surface area contributed by atoms with Gasteiger partial charge in [0.25, 0.3) is 0 Å². The summed E-state index contributed by atoms with van der Waals surface area (Å²) in [6.45, 7) is 4.27. The molecule has 1 aromatic heterocycles. The van der Waals surface area contributed by atoms with E-state index in [9.17, 15) is 13.2 Å². The third-order valence-corrected chi connectivity index (χ3v) is 4.05. The number of sulfonamides is 1. The number of nitrogens with zero attached hydrogens (tertiary/aromatic N) is 2. The van der Waals surface area contributed by atoms with Crippen molar-refractivity contribution >= 4 is 16.0 Å². The molecule has 2 N–H and O–H groups in total. The van der Waals surface area contributed by atoms with E-state index in [4.69, 9.17) is 5.11 Å². The minimum absolute atomic E-state index is 0.00181. The largest absolute Gasteiger partial charge is 0.480 e. The predicted molar refractivity (Wildman–Crippen MR) is 68.0 cm³/mol. The fraction of sp³-hybridized carbons (Fsp3) is 0.455. The Kier molecular flexibility index (Phi) is 4.69. The van der Waals surface area contributed by atoms with Gasteiger partial charge in [0.1, 0.15) is 11.4 Å². The van der Waals surface area contributed by atoms with E-state index in [2.05, 4.69) is 21.7 Å². The number of aliphatic carboxylic acids is 1. The summed E-state index contributed by atoms with van der Waals surface area (Å²) < 4.78 is 27.6. The van der Waals surface area contributed by atoms with E-state index in [1.54, 1.807) is 6.92 Å². The molecule has 0 spiro atoms. The van der Waals surface area contributed by atoms with Crippen molar-refractivity contribution in [3.05, 3.63) is 11.4 Å². The van der Waals surface area contributed by atoms with E-state index in [0.717, 1.165) is 4.68 Å². The lowest BCUT2D eigenvalue weighted by Gasteiger charge is -2.04. The number of aryl methyl sites for hydroxylation is 1. The van der Waals surface area contributed by atoms with E-state index in [0.29, 0.717) is 0 Å². The van der Waals surface area contributed by atoms with E-state index < -0.39 is 16.0 Å². The minimum Gasteiger partial charge on any atom is -0.480 e. The zero-order valence-electron chi connectivity index (χ0n) is 10.9. The fourth-order valence-corrected chi connectivity index (χ4v) is 2.97. The first-order valence-corrected chi connectivity index (χ1v) is 6.93. The van der Waals surface area contributed by atoms with Gasteiger partial charge in [-0.3, -0.25) is 9.48 Å². The first-order chi connectivity index (χ1) is 8.79. The average molecular weight is 285 g/mol. The van der Waals surface area contributed by atoms with Gasteiger partial charge in [-0.05, 0) is 20.8 Å². The summed E-state index contributed by atoms with van der Waals surface area (Å²) in [5.41, 5.74) is 0.549. The van der Waals surface area contributed by atoms with Crippen LogP contribution in [0.3, 0.4) is 0 Å². The number of carboxylic acid groups (broad SMARTS) is 1. The molecule has 0 fully saturated rings. The Morgan fingerprint density at radius 1 is 1.47 bits per heavy atom. The number of rotatable bonds is 5. The average Bonchev–Trinajstić information content (AvgIpc) is 2.53. The van der Waals surface area contributed by atoms with Crippen molar-refractivity contribution in [3.63, 3.8) is 0 Å². The minimum atomic E-state index is -3.74. The maximum Gasteiger partial charge on any atom is 0.325 e. The monoisotopic (exact) mass is 285 g/mol. The summed E-state index contributed by atoms with van der Waals surface area (Å²) in [5, 5.41) is 12.6. The maximum absolute atomic E-state index is 12.1. The molecule has 0 bridgehead atoms. The van der Waals surface area contributed by atoms with Gasteiger partial charge in [0.15, 0.2) is 0 Å². The standard InChI is InChI=1S/C11H15N3O4S/c1-4-5-6-12-19(17,18)11-8(2)13-14(9(11)3)7-10(15)16/h12H,6-7H2,1-3H3,(H,15,16). The number of nitrogens with one attached hydrogen (secondary N) is 1. The first-order valence-electron chi connectivity index (χ1n) is 5.44. The molecule has 1 aromatic rings. The number of aromatic nitrogens is 2. The quantitative estimate of drug-likeness (QED) is 0.735. The van der Waals surface area contributed by atoms with Crippen LogP contribution in [0.2, 0.25) is 0 Å². The Morgan fingerprint density at radius 3 is 2.63 bits per heavy atom. The Morgan fingerprint density at radius 2 is 2.11 bits per heavy atom. The number of carboxylic acids is 1. The van der Waals surface area contributed by atoms with Crippen LogP contribution in [0.5, 0.6) is 0 Å². The smallest absolute Gasteiger partial charge is 0.325 e. The molecule has 8 heteroatoms. The molecule has 0 aliphatic rings. The van der Waals surface area contributed by atoms with E-state index in [1.165, 1.54) is 13.8 Å². The molecule has 0 aliphatic heterocycles. The van der Waals surface area contributed by atoms with E-state index >= 15 is 0 Å². The van der Waals surface area contributed by atoms with Crippen molar-refractivity contribution < 1.29 is 18.3 Å². The third kappa shape index (κ3) is 3.56. The SMILES string of the molecule is CC#CCNS(=O)(=O)c1c(C)nn(CC(=O)O)c1C. The molecule has 0 radical (unpaired) electrons. The Labute approximate surface area is 111 Å². The van der Waals surface area contributed by atoms with Crippen LogP contribution in [0.15, 0.2) is 4.90 Å². The highest BCUT2D eigenvalue weighted by Crippen LogP contribution is 2.18.